The average Bonchev–Trinajstić information content (AvgIpc) is 2.60. The van der Waals surface area contributed by atoms with Gasteiger partial charge in [-0.3, -0.25) is 4.68 Å². The summed E-state index contributed by atoms with van der Waals surface area (Å²) in [6.07, 6.45) is 0. The van der Waals surface area contributed by atoms with E-state index < -0.39 is 0 Å². The van der Waals surface area contributed by atoms with E-state index in [1.54, 1.807) is 16.0 Å². The Kier molecular flexibility index (Phi) is 2.29. The van der Waals surface area contributed by atoms with Crippen LogP contribution in [0.4, 0.5) is 5.82 Å². The lowest BCUT2D eigenvalue weighted by atomic mass is 10.3. The molecule has 2 aromatic heterocycles. The Morgan fingerprint density at radius 1 is 1.62 bits per heavy atom. The van der Waals surface area contributed by atoms with E-state index in [4.69, 9.17) is 5.73 Å². The van der Waals surface area contributed by atoms with Crippen molar-refractivity contribution in [2.45, 2.75) is 0 Å². The van der Waals surface area contributed by atoms with Gasteiger partial charge in [-0.25, -0.2) is 0 Å². The number of aromatic nitrogens is 2. The molecule has 0 aliphatic heterocycles. The summed E-state index contributed by atoms with van der Waals surface area (Å²) in [4.78, 5) is 1.19. The van der Waals surface area contributed by atoms with Crippen LogP contribution in [0.1, 0.15) is 0 Å². The molecule has 2 N–H and O–H groups in total. The molecule has 2 aromatic rings. The lowest BCUT2D eigenvalue weighted by Crippen LogP contribution is -1.96. The zero-order valence-electron chi connectivity index (χ0n) is 6.99. The number of nitrogen functional groups attached to an aromatic ring is 1. The van der Waals surface area contributed by atoms with Gasteiger partial charge < -0.3 is 5.73 Å². The van der Waals surface area contributed by atoms with Crippen LogP contribution in [-0.4, -0.2) is 9.78 Å². The number of halogens is 1. The van der Waals surface area contributed by atoms with Crippen LogP contribution in [-0.2, 0) is 7.05 Å². The molecule has 0 aromatic carbocycles. The molecule has 0 saturated heterocycles. The number of rotatable bonds is 1. The number of hydrogen-bond donors (Lipinski definition) is 1. The quantitative estimate of drug-likeness (QED) is 0.822. The van der Waals surface area contributed by atoms with E-state index in [9.17, 15) is 0 Å². The molecular weight excluding hydrogens is 297 g/mol. The predicted molar refractivity (Wildman–Crippen MR) is 63.7 cm³/mol. The van der Waals surface area contributed by atoms with Crippen LogP contribution in [0.2, 0.25) is 0 Å². The van der Waals surface area contributed by atoms with E-state index in [0.29, 0.717) is 5.82 Å². The number of aryl methyl sites for hydroxylation is 1. The standard InChI is InChI=1S/C8H8IN3S/c1-12-7(10)4-6(11-12)8-5(9)2-3-13-8/h2-4H,10H2,1H3. The Labute approximate surface area is 93.7 Å². The monoisotopic (exact) mass is 305 g/mol. The summed E-state index contributed by atoms with van der Waals surface area (Å²) in [5.41, 5.74) is 6.66. The molecule has 0 atom stereocenters. The smallest absolute Gasteiger partial charge is 0.121 e. The molecular formula is C8H8IN3S. The summed E-state index contributed by atoms with van der Waals surface area (Å²) in [6, 6.07) is 3.97. The number of thiophene rings is 1. The molecule has 0 unspecified atom stereocenters. The first-order valence-electron chi connectivity index (χ1n) is 3.71. The van der Waals surface area contributed by atoms with Crippen LogP contribution >= 0.6 is 33.9 Å². The van der Waals surface area contributed by atoms with Crippen molar-refractivity contribution in [3.05, 3.63) is 21.1 Å². The first-order valence-corrected chi connectivity index (χ1v) is 5.67. The van der Waals surface area contributed by atoms with Crippen LogP contribution in [0.25, 0.3) is 10.6 Å². The Morgan fingerprint density at radius 2 is 2.38 bits per heavy atom. The minimum Gasteiger partial charge on any atom is -0.384 e. The Morgan fingerprint density at radius 3 is 2.85 bits per heavy atom. The van der Waals surface area contributed by atoms with Crippen LogP contribution in [0, 0.1) is 3.57 Å². The SMILES string of the molecule is Cn1nc(-c2sccc2I)cc1N. The predicted octanol–water partition coefficient (Wildman–Crippen LogP) is 2.34. The van der Waals surface area contributed by atoms with Crippen LogP contribution in [0.15, 0.2) is 17.5 Å². The minimum absolute atomic E-state index is 0.694. The summed E-state index contributed by atoms with van der Waals surface area (Å²) in [6.45, 7) is 0. The van der Waals surface area contributed by atoms with Crippen molar-refractivity contribution in [3.8, 4) is 10.6 Å². The zero-order chi connectivity index (χ0) is 9.42. The fourth-order valence-corrected chi connectivity index (χ4v) is 2.89. The molecule has 0 fully saturated rings. The lowest BCUT2D eigenvalue weighted by Gasteiger charge is -1.91. The highest BCUT2D eigenvalue weighted by Crippen LogP contribution is 2.30. The second kappa shape index (κ2) is 3.30. The molecule has 0 bridgehead atoms. The molecule has 0 aliphatic rings. The second-order valence-corrected chi connectivity index (χ2v) is 4.75. The zero-order valence-corrected chi connectivity index (χ0v) is 9.96. The first kappa shape index (κ1) is 9.01. The molecule has 0 radical (unpaired) electrons. The summed E-state index contributed by atoms with van der Waals surface area (Å²) in [7, 11) is 1.85. The summed E-state index contributed by atoms with van der Waals surface area (Å²) in [5, 5.41) is 6.37. The van der Waals surface area contributed by atoms with E-state index in [1.165, 1.54) is 8.45 Å². The number of nitrogens with zero attached hydrogens (tertiary/aromatic N) is 2. The first-order chi connectivity index (χ1) is 6.18. The van der Waals surface area contributed by atoms with E-state index in [0.717, 1.165) is 5.69 Å². The van der Waals surface area contributed by atoms with Crippen molar-refractivity contribution in [3.63, 3.8) is 0 Å². The van der Waals surface area contributed by atoms with E-state index in [2.05, 4.69) is 39.1 Å². The molecule has 5 heteroatoms. The fourth-order valence-electron chi connectivity index (χ4n) is 1.07. The Bertz CT molecular complexity index is 413. The highest BCUT2D eigenvalue weighted by molar-refractivity contribution is 14.1. The van der Waals surface area contributed by atoms with Crippen LogP contribution in [0.5, 0.6) is 0 Å². The van der Waals surface area contributed by atoms with Gasteiger partial charge in [-0.2, -0.15) is 5.10 Å². The largest absolute Gasteiger partial charge is 0.384 e. The van der Waals surface area contributed by atoms with Crippen molar-refractivity contribution < 1.29 is 0 Å². The molecule has 2 rings (SSSR count). The van der Waals surface area contributed by atoms with E-state index >= 15 is 0 Å². The van der Waals surface area contributed by atoms with Crippen molar-refractivity contribution in [2.75, 3.05) is 5.73 Å². The Balaban J connectivity index is 2.53. The summed E-state index contributed by atoms with van der Waals surface area (Å²) in [5.74, 6) is 0.694. The molecule has 68 valence electrons. The maximum atomic E-state index is 5.70. The van der Waals surface area contributed by atoms with Gasteiger partial charge in [0.2, 0.25) is 0 Å². The van der Waals surface area contributed by atoms with E-state index in [1.807, 2.05) is 13.1 Å². The van der Waals surface area contributed by atoms with Gasteiger partial charge in [0.25, 0.3) is 0 Å². The van der Waals surface area contributed by atoms with Crippen LogP contribution < -0.4 is 5.73 Å². The number of hydrogen-bond acceptors (Lipinski definition) is 3. The molecule has 3 nitrogen and oxygen atoms in total. The summed E-state index contributed by atoms with van der Waals surface area (Å²) < 4.78 is 2.91. The molecule has 13 heavy (non-hydrogen) atoms. The van der Waals surface area contributed by atoms with Gasteiger partial charge in [-0.05, 0) is 34.0 Å². The molecule has 0 saturated carbocycles. The highest BCUT2D eigenvalue weighted by atomic mass is 127. The maximum Gasteiger partial charge on any atom is 0.121 e. The average molecular weight is 305 g/mol. The normalized spacial score (nSPS) is 10.6. The fraction of sp³-hybridized carbons (Fsp3) is 0.125. The van der Waals surface area contributed by atoms with Gasteiger partial charge >= 0.3 is 0 Å². The van der Waals surface area contributed by atoms with Crippen molar-refractivity contribution >= 4 is 39.7 Å². The number of anilines is 1. The molecule has 0 amide bonds. The third-order valence-corrected chi connectivity index (χ3v) is 3.97. The third-order valence-electron chi connectivity index (χ3n) is 1.77. The summed E-state index contributed by atoms with van der Waals surface area (Å²) >= 11 is 3.99. The molecule has 0 aliphatic carbocycles. The molecule has 0 spiro atoms. The highest BCUT2D eigenvalue weighted by Gasteiger charge is 2.08. The van der Waals surface area contributed by atoms with Gasteiger partial charge in [0.1, 0.15) is 11.5 Å². The van der Waals surface area contributed by atoms with Crippen molar-refractivity contribution in [1.82, 2.24) is 9.78 Å². The van der Waals surface area contributed by atoms with Crippen molar-refractivity contribution in [2.24, 2.45) is 7.05 Å². The molecule has 2 heterocycles. The topological polar surface area (TPSA) is 43.8 Å². The third kappa shape index (κ3) is 1.58. The minimum atomic E-state index is 0.694. The van der Waals surface area contributed by atoms with Crippen molar-refractivity contribution in [1.29, 1.82) is 0 Å². The van der Waals surface area contributed by atoms with Crippen LogP contribution in [0.3, 0.4) is 0 Å². The van der Waals surface area contributed by atoms with E-state index in [-0.39, 0.29) is 0 Å². The van der Waals surface area contributed by atoms with Gasteiger partial charge in [-0.1, -0.05) is 0 Å². The number of nitrogens with two attached hydrogens (primary N) is 1. The van der Waals surface area contributed by atoms with Gasteiger partial charge in [-0.15, -0.1) is 11.3 Å². The van der Waals surface area contributed by atoms with Gasteiger partial charge in [0, 0.05) is 16.7 Å². The lowest BCUT2D eigenvalue weighted by molar-refractivity contribution is 0.783. The van der Waals surface area contributed by atoms with Gasteiger partial charge in [0.15, 0.2) is 0 Å². The van der Waals surface area contributed by atoms with Gasteiger partial charge in [0.05, 0.1) is 4.88 Å². The maximum absolute atomic E-state index is 5.70. The Hall–Kier alpha value is -0.560. The second-order valence-electron chi connectivity index (χ2n) is 2.68.